The van der Waals surface area contributed by atoms with E-state index in [1.807, 2.05) is 39.3 Å². The van der Waals surface area contributed by atoms with Crippen LogP contribution in [-0.2, 0) is 5.88 Å². The number of likely N-dealkylation sites (N-methyl/N-ethyl adjacent to an activating group) is 2. The van der Waals surface area contributed by atoms with Gasteiger partial charge in [0.2, 0.25) is 0 Å². The Morgan fingerprint density at radius 1 is 1.12 bits per heavy atom. The lowest BCUT2D eigenvalue weighted by Gasteiger charge is -2.38. The summed E-state index contributed by atoms with van der Waals surface area (Å²) in [6.45, 7) is 0. The summed E-state index contributed by atoms with van der Waals surface area (Å²) < 4.78 is 5.38. The van der Waals surface area contributed by atoms with Crippen molar-refractivity contribution < 1.29 is 4.74 Å². The third-order valence-corrected chi connectivity index (χ3v) is 5.11. The molecule has 0 unspecified atom stereocenters. The highest BCUT2D eigenvalue weighted by Gasteiger charge is 2.31. The maximum absolute atomic E-state index is 6.41. The summed E-state index contributed by atoms with van der Waals surface area (Å²) >= 11 is 6.41. The molecule has 0 radical (unpaired) electrons. The first kappa shape index (κ1) is 18.6. The van der Waals surface area contributed by atoms with Gasteiger partial charge in [-0.2, -0.15) is 0 Å². The number of nitrogens with one attached hydrogen (secondary N) is 4. The number of hydrogen-bond acceptors (Lipinski definition) is 5. The van der Waals surface area contributed by atoms with E-state index in [1.54, 1.807) is 7.11 Å². The Kier molecular flexibility index (Phi) is 5.41. The summed E-state index contributed by atoms with van der Waals surface area (Å²) in [5.41, 5.74) is 6.38. The zero-order valence-electron chi connectivity index (χ0n) is 15.5. The Balaban J connectivity index is 2.20. The van der Waals surface area contributed by atoms with Crippen molar-refractivity contribution in [2.24, 2.45) is 0 Å². The number of hydrogen-bond donors (Lipinski definition) is 4. The van der Waals surface area contributed by atoms with Crippen LogP contribution in [0.1, 0.15) is 11.1 Å². The Morgan fingerprint density at radius 3 is 2.50 bits per heavy atom. The Labute approximate surface area is 159 Å². The molecule has 1 aliphatic heterocycles. The van der Waals surface area contributed by atoms with E-state index in [-0.39, 0.29) is 0 Å². The maximum Gasteiger partial charge on any atom is 0.165 e. The number of ether oxygens (including phenoxy) is 1. The molecule has 0 spiro atoms. The minimum absolute atomic E-state index is 0.405. The second kappa shape index (κ2) is 7.58. The summed E-state index contributed by atoms with van der Waals surface area (Å²) in [7, 11) is 7.42. The normalized spacial score (nSPS) is 14.9. The highest BCUT2D eigenvalue weighted by molar-refractivity contribution is 6.18. The molecular weight excluding hydrogens is 348 g/mol. The lowest BCUT2D eigenvalue weighted by molar-refractivity contribution is 0.415. The van der Waals surface area contributed by atoms with E-state index < -0.39 is 5.79 Å². The Morgan fingerprint density at radius 2 is 1.88 bits per heavy atom. The minimum atomic E-state index is -0.521. The van der Waals surface area contributed by atoms with E-state index in [0.717, 1.165) is 39.4 Å². The number of benzene rings is 2. The summed E-state index contributed by atoms with van der Waals surface area (Å²) in [6.07, 6.45) is 2.10. The molecule has 5 nitrogen and oxygen atoms in total. The zero-order valence-corrected chi connectivity index (χ0v) is 16.3. The molecule has 0 aliphatic carbocycles. The molecule has 0 aromatic heterocycles. The number of methoxy groups -OCH3 is 1. The van der Waals surface area contributed by atoms with Crippen molar-refractivity contribution in [3.63, 3.8) is 0 Å². The van der Waals surface area contributed by atoms with Gasteiger partial charge in [0.15, 0.2) is 5.79 Å². The topological polar surface area (TPSA) is 57.3 Å². The molecule has 0 amide bonds. The number of fused-ring (bicyclic) bond motifs is 1. The molecule has 138 valence electrons. The molecule has 0 saturated carbocycles. The summed E-state index contributed by atoms with van der Waals surface area (Å²) in [4.78, 5) is 0. The third-order valence-electron chi connectivity index (χ3n) is 4.85. The smallest absolute Gasteiger partial charge is 0.165 e. The first-order valence-electron chi connectivity index (χ1n) is 8.54. The van der Waals surface area contributed by atoms with Crippen molar-refractivity contribution in [3.05, 3.63) is 53.6 Å². The molecule has 3 rings (SSSR count). The molecule has 1 aliphatic rings. The van der Waals surface area contributed by atoms with Crippen LogP contribution in [0.2, 0.25) is 0 Å². The van der Waals surface area contributed by atoms with E-state index in [9.17, 15) is 0 Å². The zero-order chi connectivity index (χ0) is 18.7. The van der Waals surface area contributed by atoms with Crippen LogP contribution in [0.4, 0.5) is 5.69 Å². The van der Waals surface area contributed by atoms with Crippen LogP contribution < -0.4 is 26.0 Å². The van der Waals surface area contributed by atoms with Gasteiger partial charge in [-0.15, -0.1) is 11.6 Å². The van der Waals surface area contributed by atoms with Crippen molar-refractivity contribution in [2.75, 3.05) is 33.6 Å². The van der Waals surface area contributed by atoms with Crippen LogP contribution in [0.3, 0.4) is 0 Å². The SMILES string of the molecule is CNC1=CC(NC)(NC)Nc2ccc(-c3cccc(OC)c3)c(CCl)c21. The quantitative estimate of drug-likeness (QED) is 0.463. The van der Waals surface area contributed by atoms with Gasteiger partial charge < -0.3 is 15.4 Å². The second-order valence-electron chi connectivity index (χ2n) is 6.12. The van der Waals surface area contributed by atoms with Crippen LogP contribution in [0.5, 0.6) is 5.75 Å². The Hall–Kier alpha value is -2.21. The first-order valence-corrected chi connectivity index (χ1v) is 9.08. The van der Waals surface area contributed by atoms with Crippen LogP contribution in [-0.4, -0.2) is 34.0 Å². The predicted molar refractivity (Wildman–Crippen MR) is 109 cm³/mol. The monoisotopic (exact) mass is 372 g/mol. The Bertz CT molecular complexity index is 831. The average Bonchev–Trinajstić information content (AvgIpc) is 2.71. The molecule has 26 heavy (non-hydrogen) atoms. The van der Waals surface area contributed by atoms with Crippen LogP contribution in [0.15, 0.2) is 42.5 Å². The molecule has 6 heteroatoms. The van der Waals surface area contributed by atoms with E-state index in [2.05, 4.69) is 45.5 Å². The fraction of sp³-hybridized carbons (Fsp3) is 0.300. The van der Waals surface area contributed by atoms with E-state index >= 15 is 0 Å². The van der Waals surface area contributed by atoms with Crippen molar-refractivity contribution in [3.8, 4) is 16.9 Å². The number of halogens is 1. The third kappa shape index (κ3) is 3.14. The number of rotatable bonds is 6. The van der Waals surface area contributed by atoms with E-state index in [4.69, 9.17) is 16.3 Å². The fourth-order valence-electron chi connectivity index (χ4n) is 3.39. The minimum Gasteiger partial charge on any atom is -0.497 e. The molecular formula is C20H25ClN4O. The van der Waals surface area contributed by atoms with Crippen molar-refractivity contribution in [2.45, 2.75) is 11.7 Å². The van der Waals surface area contributed by atoms with Crippen LogP contribution in [0.25, 0.3) is 16.8 Å². The second-order valence-corrected chi connectivity index (χ2v) is 6.39. The lowest BCUT2D eigenvalue weighted by Crippen LogP contribution is -2.60. The molecule has 1 heterocycles. The molecule has 0 saturated heterocycles. The van der Waals surface area contributed by atoms with E-state index in [0.29, 0.717) is 5.88 Å². The molecule has 2 aromatic carbocycles. The molecule has 0 bridgehead atoms. The lowest BCUT2D eigenvalue weighted by atomic mass is 9.90. The standard InChI is InChI=1S/C20H25ClN4O/c1-22-18-11-20(23-2,24-3)25-17-9-8-15(16(12-21)19(17)18)13-6-5-7-14(10-13)26-4/h5-11,22-25H,12H2,1-4H3. The summed E-state index contributed by atoms with van der Waals surface area (Å²) in [5, 5.41) is 13.4. The van der Waals surface area contributed by atoms with Gasteiger partial charge >= 0.3 is 0 Å². The fourth-order valence-corrected chi connectivity index (χ4v) is 3.67. The van der Waals surface area contributed by atoms with Gasteiger partial charge in [0, 0.05) is 29.9 Å². The van der Waals surface area contributed by atoms with Gasteiger partial charge in [0.25, 0.3) is 0 Å². The van der Waals surface area contributed by atoms with Gasteiger partial charge in [-0.1, -0.05) is 18.2 Å². The summed E-state index contributed by atoms with van der Waals surface area (Å²) in [6, 6.07) is 12.2. The van der Waals surface area contributed by atoms with Crippen LogP contribution in [0, 0.1) is 0 Å². The predicted octanol–water partition coefficient (Wildman–Crippen LogP) is 3.18. The van der Waals surface area contributed by atoms with Crippen molar-refractivity contribution in [1.29, 1.82) is 0 Å². The molecule has 0 atom stereocenters. The number of anilines is 1. The maximum atomic E-state index is 6.41. The average molecular weight is 373 g/mol. The molecule has 0 fully saturated rings. The molecule has 4 N–H and O–H groups in total. The van der Waals surface area contributed by atoms with Gasteiger partial charge in [0.05, 0.1) is 7.11 Å². The first-order chi connectivity index (χ1) is 12.6. The van der Waals surface area contributed by atoms with Gasteiger partial charge in [-0.25, -0.2) is 0 Å². The largest absolute Gasteiger partial charge is 0.497 e. The van der Waals surface area contributed by atoms with Crippen LogP contribution >= 0.6 is 11.6 Å². The van der Waals surface area contributed by atoms with E-state index in [1.165, 1.54) is 0 Å². The van der Waals surface area contributed by atoms with Gasteiger partial charge in [-0.3, -0.25) is 10.6 Å². The highest BCUT2D eigenvalue weighted by Crippen LogP contribution is 2.39. The van der Waals surface area contributed by atoms with Gasteiger partial charge in [0.1, 0.15) is 5.75 Å². The highest BCUT2D eigenvalue weighted by atomic mass is 35.5. The molecule has 2 aromatic rings. The van der Waals surface area contributed by atoms with Gasteiger partial charge in [-0.05, 0) is 55.1 Å². The van der Waals surface area contributed by atoms with Crippen molar-refractivity contribution in [1.82, 2.24) is 16.0 Å². The summed E-state index contributed by atoms with van der Waals surface area (Å²) in [5.74, 6) is 0.710. The van der Waals surface area contributed by atoms with Crippen molar-refractivity contribution >= 4 is 23.0 Å². The number of alkyl halides is 1.